The van der Waals surface area contributed by atoms with E-state index in [4.69, 9.17) is 5.84 Å². The number of nitrogens with one attached hydrogen (secondary N) is 1. The van der Waals surface area contributed by atoms with E-state index in [-0.39, 0.29) is 11.7 Å². The number of hydrazine groups is 1. The Morgan fingerprint density at radius 1 is 1.41 bits per heavy atom. The molecule has 0 unspecified atom stereocenters. The molecule has 90 valence electrons. The van der Waals surface area contributed by atoms with Crippen LogP contribution in [-0.4, -0.2) is 32.6 Å². The second kappa shape index (κ2) is 3.97. The van der Waals surface area contributed by atoms with Gasteiger partial charge < -0.3 is 4.98 Å². The van der Waals surface area contributed by atoms with Crippen molar-refractivity contribution >= 4 is 11.2 Å². The van der Waals surface area contributed by atoms with Gasteiger partial charge in [-0.2, -0.15) is 0 Å². The van der Waals surface area contributed by atoms with Crippen LogP contribution in [-0.2, 0) is 0 Å². The Labute approximate surface area is 98.0 Å². The zero-order chi connectivity index (χ0) is 11.8. The summed E-state index contributed by atoms with van der Waals surface area (Å²) in [5.41, 5.74) is 1.47. The molecule has 1 fully saturated rings. The van der Waals surface area contributed by atoms with Crippen molar-refractivity contribution in [1.82, 2.24) is 19.5 Å². The molecule has 3 rings (SSSR count). The molecule has 6 nitrogen and oxygen atoms in total. The summed E-state index contributed by atoms with van der Waals surface area (Å²) in [6, 6.07) is 3.90. The predicted molar refractivity (Wildman–Crippen MR) is 64.4 cm³/mol. The minimum atomic E-state index is -0.0748. The van der Waals surface area contributed by atoms with E-state index in [2.05, 4.69) is 9.97 Å². The van der Waals surface area contributed by atoms with Crippen LogP contribution in [0.2, 0.25) is 0 Å². The van der Waals surface area contributed by atoms with E-state index in [0.717, 1.165) is 37.1 Å². The molecule has 1 aliphatic rings. The number of nitrogens with zero attached hydrogens (tertiary/aromatic N) is 3. The second-order valence-corrected chi connectivity index (χ2v) is 4.44. The lowest BCUT2D eigenvalue weighted by atomic mass is 10.1. The molecule has 1 saturated heterocycles. The Kier molecular flexibility index (Phi) is 2.45. The van der Waals surface area contributed by atoms with Crippen LogP contribution in [0.1, 0.15) is 18.9 Å². The first-order valence-corrected chi connectivity index (χ1v) is 5.80. The molecule has 2 aromatic rings. The fraction of sp³-hybridized carbons (Fsp3) is 0.455. The lowest BCUT2D eigenvalue weighted by Gasteiger charge is -2.28. The van der Waals surface area contributed by atoms with E-state index in [0.29, 0.717) is 0 Å². The molecule has 0 aromatic carbocycles. The summed E-state index contributed by atoms with van der Waals surface area (Å²) in [4.78, 5) is 19.1. The number of imidazole rings is 1. The van der Waals surface area contributed by atoms with Crippen molar-refractivity contribution < 1.29 is 0 Å². The van der Waals surface area contributed by atoms with Crippen molar-refractivity contribution in [2.75, 3.05) is 13.1 Å². The molecule has 3 N–H and O–H groups in total. The van der Waals surface area contributed by atoms with E-state index in [1.165, 1.54) is 0 Å². The van der Waals surface area contributed by atoms with Crippen LogP contribution < -0.4 is 11.5 Å². The molecule has 0 saturated carbocycles. The number of pyridine rings is 1. The van der Waals surface area contributed by atoms with Gasteiger partial charge in [-0.1, -0.05) is 0 Å². The number of rotatable bonds is 1. The van der Waals surface area contributed by atoms with Crippen LogP contribution in [0.4, 0.5) is 0 Å². The van der Waals surface area contributed by atoms with Gasteiger partial charge in [-0.3, -0.25) is 10.4 Å². The first kappa shape index (κ1) is 10.5. The summed E-state index contributed by atoms with van der Waals surface area (Å²) >= 11 is 0. The molecule has 0 spiro atoms. The fourth-order valence-electron chi connectivity index (χ4n) is 2.44. The molecule has 1 aliphatic heterocycles. The van der Waals surface area contributed by atoms with Crippen molar-refractivity contribution in [3.05, 3.63) is 28.8 Å². The molecule has 0 aliphatic carbocycles. The highest BCUT2D eigenvalue weighted by atomic mass is 16.1. The monoisotopic (exact) mass is 233 g/mol. The predicted octanol–water partition coefficient (Wildman–Crippen LogP) is 0.235. The van der Waals surface area contributed by atoms with E-state index >= 15 is 0 Å². The van der Waals surface area contributed by atoms with Crippen molar-refractivity contribution in [3.63, 3.8) is 0 Å². The SMILES string of the molecule is NN1CCC(n2c(=O)[nH]c3cccnc32)CC1. The van der Waals surface area contributed by atoms with Gasteiger partial charge in [0.1, 0.15) is 0 Å². The number of fused-ring (bicyclic) bond motifs is 1. The highest BCUT2D eigenvalue weighted by Gasteiger charge is 2.22. The fourth-order valence-corrected chi connectivity index (χ4v) is 2.44. The molecule has 0 radical (unpaired) electrons. The minimum Gasteiger partial charge on any atom is -0.304 e. The topological polar surface area (TPSA) is 79.9 Å². The zero-order valence-corrected chi connectivity index (χ0v) is 9.47. The maximum Gasteiger partial charge on any atom is 0.327 e. The number of hydrogen-bond acceptors (Lipinski definition) is 4. The van der Waals surface area contributed by atoms with Gasteiger partial charge in [0.15, 0.2) is 5.65 Å². The van der Waals surface area contributed by atoms with Gasteiger partial charge in [-0.15, -0.1) is 0 Å². The molecule has 6 heteroatoms. The van der Waals surface area contributed by atoms with Crippen molar-refractivity contribution in [3.8, 4) is 0 Å². The third kappa shape index (κ3) is 1.75. The molecule has 2 aromatic heterocycles. The standard InChI is InChI=1S/C11H15N5O/c12-15-6-3-8(4-7-15)16-10-9(14-11(16)17)2-1-5-13-10/h1-2,5,8H,3-4,6-7,12H2,(H,14,17). The van der Waals surface area contributed by atoms with Gasteiger partial charge in [0.2, 0.25) is 0 Å². The summed E-state index contributed by atoms with van der Waals surface area (Å²) in [6.45, 7) is 1.63. The van der Waals surface area contributed by atoms with Gasteiger partial charge >= 0.3 is 5.69 Å². The molecule has 0 amide bonds. The Morgan fingerprint density at radius 2 is 2.18 bits per heavy atom. The maximum absolute atomic E-state index is 11.9. The Hall–Kier alpha value is -1.66. The number of aromatic nitrogens is 3. The quantitative estimate of drug-likeness (QED) is 0.691. The van der Waals surface area contributed by atoms with Crippen LogP contribution in [0.15, 0.2) is 23.1 Å². The van der Waals surface area contributed by atoms with Crippen LogP contribution in [0, 0.1) is 0 Å². The largest absolute Gasteiger partial charge is 0.327 e. The maximum atomic E-state index is 11.9. The van der Waals surface area contributed by atoms with Crippen molar-refractivity contribution in [1.29, 1.82) is 0 Å². The highest BCUT2D eigenvalue weighted by molar-refractivity contribution is 5.70. The zero-order valence-electron chi connectivity index (χ0n) is 9.47. The van der Waals surface area contributed by atoms with E-state index in [1.807, 2.05) is 12.1 Å². The van der Waals surface area contributed by atoms with Crippen LogP contribution >= 0.6 is 0 Å². The molecule has 0 bridgehead atoms. The molecular formula is C11H15N5O. The molecule has 0 atom stereocenters. The summed E-state index contributed by atoms with van der Waals surface area (Å²) in [5, 5.41) is 1.80. The smallest absolute Gasteiger partial charge is 0.304 e. The Balaban J connectivity index is 2.05. The summed E-state index contributed by atoms with van der Waals surface area (Å²) in [7, 11) is 0. The van der Waals surface area contributed by atoms with Crippen molar-refractivity contribution in [2.24, 2.45) is 5.84 Å². The van der Waals surface area contributed by atoms with Gasteiger partial charge in [0.25, 0.3) is 0 Å². The van der Waals surface area contributed by atoms with E-state index < -0.39 is 0 Å². The van der Waals surface area contributed by atoms with Crippen LogP contribution in [0.3, 0.4) is 0 Å². The Bertz CT molecular complexity index is 579. The van der Waals surface area contributed by atoms with Gasteiger partial charge in [-0.25, -0.2) is 14.8 Å². The summed E-state index contributed by atoms with van der Waals surface area (Å²) in [6.07, 6.45) is 3.49. The second-order valence-electron chi connectivity index (χ2n) is 4.44. The van der Waals surface area contributed by atoms with E-state index in [1.54, 1.807) is 15.8 Å². The molecule has 17 heavy (non-hydrogen) atoms. The summed E-state index contributed by atoms with van der Waals surface area (Å²) in [5.74, 6) is 5.72. The number of aromatic amines is 1. The highest BCUT2D eigenvalue weighted by Crippen LogP contribution is 2.22. The lowest BCUT2D eigenvalue weighted by Crippen LogP contribution is -2.40. The lowest BCUT2D eigenvalue weighted by molar-refractivity contribution is 0.190. The van der Waals surface area contributed by atoms with Gasteiger partial charge in [0.05, 0.1) is 5.52 Å². The number of piperidine rings is 1. The van der Waals surface area contributed by atoms with Crippen LogP contribution in [0.25, 0.3) is 11.2 Å². The van der Waals surface area contributed by atoms with E-state index in [9.17, 15) is 4.79 Å². The third-order valence-corrected chi connectivity index (χ3v) is 3.34. The normalized spacial score (nSPS) is 18.9. The number of nitrogens with two attached hydrogens (primary N) is 1. The average molecular weight is 233 g/mol. The average Bonchev–Trinajstić information content (AvgIpc) is 2.66. The number of hydrogen-bond donors (Lipinski definition) is 2. The van der Waals surface area contributed by atoms with Gasteiger partial charge in [0, 0.05) is 25.3 Å². The molecular weight excluding hydrogens is 218 g/mol. The number of H-pyrrole nitrogens is 1. The molecule has 3 heterocycles. The minimum absolute atomic E-state index is 0.0748. The van der Waals surface area contributed by atoms with Crippen molar-refractivity contribution in [2.45, 2.75) is 18.9 Å². The third-order valence-electron chi connectivity index (χ3n) is 3.34. The summed E-state index contributed by atoms with van der Waals surface area (Å²) < 4.78 is 1.77. The van der Waals surface area contributed by atoms with Crippen LogP contribution in [0.5, 0.6) is 0 Å². The Morgan fingerprint density at radius 3 is 2.94 bits per heavy atom. The first-order valence-electron chi connectivity index (χ1n) is 5.80. The first-order chi connectivity index (χ1) is 8.25. The van der Waals surface area contributed by atoms with Gasteiger partial charge in [-0.05, 0) is 25.0 Å².